The summed E-state index contributed by atoms with van der Waals surface area (Å²) < 4.78 is 14.9. The maximum Gasteiger partial charge on any atom is 0.336 e. The van der Waals surface area contributed by atoms with E-state index in [0.717, 1.165) is 9.13 Å². The van der Waals surface area contributed by atoms with E-state index in [2.05, 4.69) is 19.9 Å². The molecule has 16 nitrogen and oxygen atoms in total. The number of methoxy groups -OCH3 is 2. The Balaban J connectivity index is 1.52. The number of carbonyl (C=O) groups is 2. The lowest BCUT2D eigenvalue weighted by atomic mass is 9.78. The van der Waals surface area contributed by atoms with Crippen LogP contribution in [0.3, 0.4) is 0 Å². The van der Waals surface area contributed by atoms with Gasteiger partial charge in [-0.15, -0.1) is 0 Å². The fraction of sp³-hybridized carbons (Fsp3) is 0.250. The van der Waals surface area contributed by atoms with E-state index in [1.807, 2.05) is 0 Å². The standard InChI is InChI=1S/C32H30N8O8/c1-32(2,25(27(43)44)38-19-10-6-8-12-21(19)40(31(38)46)29-34-16-14-24(36-29)48-4)17-22(26(41)42)37-18-9-5-7-11-20(18)39(30(37)45)28-33-15-13-23(35-28)47-3/h5-16,22,25H,17H2,1-4H3,(H,41,42)(H,43,44). The molecule has 0 saturated carbocycles. The SMILES string of the molecule is COc1ccnc(-n2c(=O)n(C(CC(C)(C)C(C(=O)O)n3c(=O)n(-c4nccc(OC)n4)c4ccccc43)C(=O)O)c3ccccc32)n1. The molecule has 6 aromatic rings. The number of imidazole rings is 2. The predicted molar refractivity (Wildman–Crippen MR) is 171 cm³/mol. The van der Waals surface area contributed by atoms with E-state index in [-0.39, 0.29) is 41.1 Å². The van der Waals surface area contributed by atoms with Gasteiger partial charge in [0.05, 0.1) is 36.3 Å². The van der Waals surface area contributed by atoms with E-state index in [0.29, 0.717) is 11.0 Å². The summed E-state index contributed by atoms with van der Waals surface area (Å²) >= 11 is 0. The number of nitrogens with zero attached hydrogens (tertiary/aromatic N) is 8. The number of hydrogen-bond donors (Lipinski definition) is 2. The summed E-state index contributed by atoms with van der Waals surface area (Å²) in [7, 11) is 2.82. The predicted octanol–water partition coefficient (Wildman–Crippen LogP) is 2.86. The van der Waals surface area contributed by atoms with Crippen molar-refractivity contribution in [3.05, 3.63) is 94.0 Å². The number of ether oxygens (including phenoxy) is 2. The van der Waals surface area contributed by atoms with Crippen LogP contribution in [0.2, 0.25) is 0 Å². The molecule has 0 amide bonds. The van der Waals surface area contributed by atoms with Crippen LogP contribution in [0.1, 0.15) is 32.4 Å². The lowest BCUT2D eigenvalue weighted by molar-refractivity contribution is -0.148. The number of aliphatic carboxylic acids is 2. The van der Waals surface area contributed by atoms with Gasteiger partial charge in [-0.3, -0.25) is 9.13 Å². The Morgan fingerprint density at radius 3 is 1.58 bits per heavy atom. The smallest absolute Gasteiger partial charge is 0.336 e. The monoisotopic (exact) mass is 654 g/mol. The number of carboxylic acids is 2. The van der Waals surface area contributed by atoms with Crippen molar-refractivity contribution in [1.82, 2.24) is 38.2 Å². The van der Waals surface area contributed by atoms with Crippen molar-refractivity contribution in [2.24, 2.45) is 5.41 Å². The molecule has 0 bridgehead atoms. The quantitative estimate of drug-likeness (QED) is 0.207. The van der Waals surface area contributed by atoms with Gasteiger partial charge in [-0.1, -0.05) is 38.1 Å². The Labute approximate surface area is 271 Å². The average Bonchev–Trinajstić information content (AvgIpc) is 3.53. The van der Waals surface area contributed by atoms with Gasteiger partial charge in [0.2, 0.25) is 23.7 Å². The van der Waals surface area contributed by atoms with Crippen LogP contribution in [-0.4, -0.2) is 74.6 Å². The molecule has 0 aliphatic rings. The van der Waals surface area contributed by atoms with Crippen molar-refractivity contribution in [3.63, 3.8) is 0 Å². The highest BCUT2D eigenvalue weighted by molar-refractivity contribution is 5.83. The van der Waals surface area contributed by atoms with Crippen molar-refractivity contribution in [3.8, 4) is 23.7 Å². The molecule has 6 rings (SSSR count). The Hall–Kier alpha value is -6.32. The lowest BCUT2D eigenvalue weighted by Crippen LogP contribution is -2.42. The van der Waals surface area contributed by atoms with Crippen LogP contribution in [0.5, 0.6) is 11.8 Å². The molecular formula is C32H30N8O8. The Morgan fingerprint density at radius 2 is 1.15 bits per heavy atom. The number of benzene rings is 2. The first-order valence-corrected chi connectivity index (χ1v) is 14.6. The summed E-state index contributed by atoms with van der Waals surface area (Å²) in [6.07, 6.45) is 2.42. The minimum Gasteiger partial charge on any atom is -0.481 e. The van der Waals surface area contributed by atoms with E-state index in [1.54, 1.807) is 48.5 Å². The van der Waals surface area contributed by atoms with Gasteiger partial charge in [-0.25, -0.2) is 38.3 Å². The molecule has 16 heteroatoms. The summed E-state index contributed by atoms with van der Waals surface area (Å²) in [4.78, 5) is 71.3. The molecule has 2 aromatic carbocycles. The van der Waals surface area contributed by atoms with Crippen LogP contribution < -0.4 is 20.9 Å². The topological polar surface area (TPSA) is 198 Å². The third-order valence-electron chi connectivity index (χ3n) is 8.16. The molecular weight excluding hydrogens is 624 g/mol. The second-order valence-electron chi connectivity index (χ2n) is 11.5. The van der Waals surface area contributed by atoms with Crippen LogP contribution in [0.4, 0.5) is 0 Å². The highest BCUT2D eigenvalue weighted by atomic mass is 16.5. The largest absolute Gasteiger partial charge is 0.481 e. The summed E-state index contributed by atoms with van der Waals surface area (Å²) in [5.41, 5.74) is -1.82. The average molecular weight is 655 g/mol. The van der Waals surface area contributed by atoms with Crippen molar-refractivity contribution in [1.29, 1.82) is 0 Å². The first kappa shape index (κ1) is 31.7. The summed E-state index contributed by atoms with van der Waals surface area (Å²) in [5, 5.41) is 21.3. The van der Waals surface area contributed by atoms with Crippen molar-refractivity contribution in [2.45, 2.75) is 32.4 Å². The van der Waals surface area contributed by atoms with E-state index >= 15 is 0 Å². The highest BCUT2D eigenvalue weighted by Crippen LogP contribution is 2.41. The molecule has 0 fully saturated rings. The number of rotatable bonds is 11. The first-order valence-electron chi connectivity index (χ1n) is 14.6. The lowest BCUT2D eigenvalue weighted by Gasteiger charge is -2.34. The minimum atomic E-state index is -1.60. The molecule has 2 unspecified atom stereocenters. The van der Waals surface area contributed by atoms with Gasteiger partial charge < -0.3 is 19.7 Å². The van der Waals surface area contributed by atoms with Gasteiger partial charge in [0.25, 0.3) is 0 Å². The van der Waals surface area contributed by atoms with Gasteiger partial charge in [-0.05, 0) is 36.1 Å². The molecule has 0 saturated heterocycles. The minimum absolute atomic E-state index is 0.0414. The van der Waals surface area contributed by atoms with Crippen molar-refractivity contribution in [2.75, 3.05) is 14.2 Å². The molecule has 0 aliphatic heterocycles. The van der Waals surface area contributed by atoms with E-state index in [1.165, 1.54) is 61.7 Å². The third-order valence-corrected chi connectivity index (χ3v) is 8.16. The third kappa shape index (κ3) is 5.22. The Kier molecular flexibility index (Phi) is 8.00. The fourth-order valence-electron chi connectivity index (χ4n) is 6.08. The Bertz CT molecular complexity index is 2320. The number of fused-ring (bicyclic) bond motifs is 2. The molecule has 4 heterocycles. The van der Waals surface area contributed by atoms with Crippen LogP contribution in [-0.2, 0) is 9.59 Å². The Morgan fingerprint density at radius 1 is 0.708 bits per heavy atom. The second kappa shape index (κ2) is 12.1. The molecule has 0 radical (unpaired) electrons. The summed E-state index contributed by atoms with van der Waals surface area (Å²) in [6, 6.07) is 12.9. The first-order chi connectivity index (χ1) is 23.0. The zero-order valence-corrected chi connectivity index (χ0v) is 26.2. The second-order valence-corrected chi connectivity index (χ2v) is 11.5. The van der Waals surface area contributed by atoms with Crippen molar-refractivity contribution < 1.29 is 29.3 Å². The molecule has 246 valence electrons. The molecule has 48 heavy (non-hydrogen) atoms. The van der Waals surface area contributed by atoms with Crippen LogP contribution in [0, 0.1) is 5.41 Å². The van der Waals surface area contributed by atoms with Crippen LogP contribution in [0.25, 0.3) is 34.0 Å². The normalized spacial score (nSPS) is 13.0. The van der Waals surface area contributed by atoms with Gasteiger partial charge in [0, 0.05) is 24.5 Å². The molecule has 0 aliphatic carbocycles. The van der Waals surface area contributed by atoms with E-state index < -0.39 is 40.8 Å². The molecule has 4 aromatic heterocycles. The summed E-state index contributed by atoms with van der Waals surface area (Å²) in [5.74, 6) is -2.48. The maximum absolute atomic E-state index is 14.2. The highest BCUT2D eigenvalue weighted by Gasteiger charge is 2.44. The van der Waals surface area contributed by atoms with Gasteiger partial charge >= 0.3 is 23.3 Å². The van der Waals surface area contributed by atoms with Gasteiger partial charge in [0.1, 0.15) is 12.1 Å². The number of aromatic nitrogens is 8. The van der Waals surface area contributed by atoms with Crippen LogP contribution >= 0.6 is 0 Å². The molecule has 2 atom stereocenters. The fourth-order valence-corrected chi connectivity index (χ4v) is 6.08. The van der Waals surface area contributed by atoms with Crippen LogP contribution in [0.15, 0.2) is 82.6 Å². The maximum atomic E-state index is 14.2. The number of hydrogen-bond acceptors (Lipinski definition) is 10. The zero-order chi connectivity index (χ0) is 34.3. The van der Waals surface area contributed by atoms with E-state index in [9.17, 15) is 29.4 Å². The van der Waals surface area contributed by atoms with Gasteiger partial charge in [-0.2, -0.15) is 9.97 Å². The number of para-hydroxylation sites is 4. The zero-order valence-electron chi connectivity index (χ0n) is 26.2. The number of carboxylic acid groups (broad SMARTS) is 2. The molecule has 0 spiro atoms. The summed E-state index contributed by atoms with van der Waals surface area (Å²) in [6.45, 7) is 3.08. The molecule has 2 N–H and O–H groups in total. The van der Waals surface area contributed by atoms with E-state index in [4.69, 9.17) is 9.47 Å². The van der Waals surface area contributed by atoms with Gasteiger partial charge in [0.15, 0.2) is 0 Å². The van der Waals surface area contributed by atoms with Crippen molar-refractivity contribution >= 4 is 34.0 Å².